The summed E-state index contributed by atoms with van der Waals surface area (Å²) in [5.74, 6) is 0. The molecule has 0 fully saturated rings. The van der Waals surface area contributed by atoms with Gasteiger partial charge in [-0.1, -0.05) is 11.6 Å². The molecule has 0 amide bonds. The van der Waals surface area contributed by atoms with Crippen molar-refractivity contribution in [3.63, 3.8) is 0 Å². The van der Waals surface area contributed by atoms with E-state index in [1.807, 2.05) is 25.1 Å². The van der Waals surface area contributed by atoms with Crippen molar-refractivity contribution in [2.24, 2.45) is 0 Å². The molecule has 2 aromatic heterocycles. The number of halogens is 2. The molecule has 0 aromatic carbocycles. The van der Waals surface area contributed by atoms with Crippen LogP contribution in [0, 0.1) is 6.92 Å². The normalized spacial score (nSPS) is 13.1. The summed E-state index contributed by atoms with van der Waals surface area (Å²) in [7, 11) is 0. The van der Waals surface area contributed by atoms with Gasteiger partial charge in [0, 0.05) is 9.75 Å². The molecule has 2 aromatic rings. The Morgan fingerprint density at radius 1 is 1.33 bits per heavy atom. The van der Waals surface area contributed by atoms with Crippen molar-refractivity contribution in [3.8, 4) is 0 Å². The number of thiophene rings is 2. The molecule has 5 heteroatoms. The van der Waals surface area contributed by atoms with Crippen molar-refractivity contribution in [1.82, 2.24) is 0 Å². The van der Waals surface area contributed by atoms with Crippen LogP contribution in [-0.2, 0) is 0 Å². The van der Waals surface area contributed by atoms with Gasteiger partial charge in [0.2, 0.25) is 0 Å². The maximum absolute atomic E-state index is 10.1. The first-order valence-corrected chi connectivity index (χ1v) is 7.07. The van der Waals surface area contributed by atoms with E-state index in [1.54, 1.807) is 0 Å². The van der Waals surface area contributed by atoms with Gasteiger partial charge in [0.1, 0.15) is 6.10 Å². The number of aliphatic hydroxyl groups excluding tert-OH is 1. The molecule has 0 aliphatic rings. The van der Waals surface area contributed by atoms with Crippen LogP contribution in [0.2, 0.25) is 4.34 Å². The summed E-state index contributed by atoms with van der Waals surface area (Å²) in [4.78, 5) is 1.83. The van der Waals surface area contributed by atoms with Crippen molar-refractivity contribution in [1.29, 1.82) is 0 Å². The van der Waals surface area contributed by atoms with Crippen LogP contribution in [0.15, 0.2) is 22.0 Å². The molecule has 80 valence electrons. The van der Waals surface area contributed by atoms with E-state index in [9.17, 15) is 5.11 Å². The summed E-state index contributed by atoms with van der Waals surface area (Å²) in [6, 6.07) is 5.79. The number of rotatable bonds is 2. The van der Waals surface area contributed by atoms with Crippen molar-refractivity contribution in [3.05, 3.63) is 41.6 Å². The van der Waals surface area contributed by atoms with Gasteiger partial charge in [-0.15, -0.1) is 22.7 Å². The zero-order valence-corrected chi connectivity index (χ0v) is 11.8. The van der Waals surface area contributed by atoms with Gasteiger partial charge < -0.3 is 5.11 Å². The standard InChI is InChI=1S/C10H8BrClOS2/c1-5-4-7(15-10(5)12)9(13)6-2-3-8(11)14-6/h2-4,9,13H,1H3. The zero-order chi connectivity index (χ0) is 11.0. The first kappa shape index (κ1) is 11.6. The van der Waals surface area contributed by atoms with Crippen molar-refractivity contribution in [2.45, 2.75) is 13.0 Å². The second kappa shape index (κ2) is 4.55. The van der Waals surface area contributed by atoms with Crippen LogP contribution < -0.4 is 0 Å². The third kappa shape index (κ3) is 2.45. The van der Waals surface area contributed by atoms with E-state index in [1.165, 1.54) is 22.7 Å². The highest BCUT2D eigenvalue weighted by molar-refractivity contribution is 9.11. The van der Waals surface area contributed by atoms with Crippen LogP contribution in [0.1, 0.15) is 21.4 Å². The molecular weight excluding hydrogens is 316 g/mol. The smallest absolute Gasteiger partial charge is 0.122 e. The molecule has 0 aliphatic heterocycles. The fourth-order valence-corrected chi connectivity index (χ4v) is 3.96. The van der Waals surface area contributed by atoms with Crippen LogP contribution in [0.3, 0.4) is 0 Å². The van der Waals surface area contributed by atoms with E-state index in [2.05, 4.69) is 15.9 Å². The monoisotopic (exact) mass is 322 g/mol. The highest BCUT2D eigenvalue weighted by Crippen LogP contribution is 2.37. The van der Waals surface area contributed by atoms with Gasteiger partial charge in [-0.3, -0.25) is 0 Å². The highest BCUT2D eigenvalue weighted by atomic mass is 79.9. The summed E-state index contributed by atoms with van der Waals surface area (Å²) >= 11 is 12.3. The molecule has 0 aliphatic carbocycles. The molecule has 1 N–H and O–H groups in total. The Labute approximate surface area is 109 Å². The maximum atomic E-state index is 10.1. The predicted molar refractivity (Wildman–Crippen MR) is 70.1 cm³/mol. The first-order valence-electron chi connectivity index (χ1n) is 4.27. The minimum atomic E-state index is -0.558. The van der Waals surface area contributed by atoms with E-state index in [0.717, 1.165) is 23.4 Å². The Morgan fingerprint density at radius 2 is 2.07 bits per heavy atom. The summed E-state index contributed by atoms with van der Waals surface area (Å²) < 4.78 is 1.77. The topological polar surface area (TPSA) is 20.2 Å². The predicted octanol–water partition coefficient (Wildman–Crippen LogP) is 4.62. The van der Waals surface area contributed by atoms with Gasteiger partial charge in [0.05, 0.1) is 8.12 Å². The van der Waals surface area contributed by atoms with E-state index in [-0.39, 0.29) is 0 Å². The molecule has 0 saturated carbocycles. The van der Waals surface area contributed by atoms with E-state index in [4.69, 9.17) is 11.6 Å². The lowest BCUT2D eigenvalue weighted by Gasteiger charge is -2.04. The fourth-order valence-electron chi connectivity index (χ4n) is 1.23. The van der Waals surface area contributed by atoms with Crippen LogP contribution in [0.4, 0.5) is 0 Å². The first-order chi connectivity index (χ1) is 7.08. The van der Waals surface area contributed by atoms with Crippen LogP contribution in [0.25, 0.3) is 0 Å². The molecule has 1 atom stereocenters. The summed E-state index contributed by atoms with van der Waals surface area (Å²) in [5.41, 5.74) is 1.02. The van der Waals surface area contributed by atoms with Crippen molar-refractivity contribution in [2.75, 3.05) is 0 Å². The van der Waals surface area contributed by atoms with Gasteiger partial charge in [-0.2, -0.15) is 0 Å². The zero-order valence-electron chi connectivity index (χ0n) is 7.83. The van der Waals surface area contributed by atoms with Crippen LogP contribution >= 0.6 is 50.2 Å². The van der Waals surface area contributed by atoms with Gasteiger partial charge in [-0.25, -0.2) is 0 Å². The van der Waals surface area contributed by atoms with Crippen LogP contribution in [0.5, 0.6) is 0 Å². The number of hydrogen-bond acceptors (Lipinski definition) is 3. The maximum Gasteiger partial charge on any atom is 0.122 e. The minimum absolute atomic E-state index is 0.558. The average Bonchev–Trinajstić information content (AvgIpc) is 2.74. The molecule has 0 radical (unpaired) electrons. The van der Waals surface area contributed by atoms with Crippen molar-refractivity contribution < 1.29 is 5.11 Å². The lowest BCUT2D eigenvalue weighted by atomic mass is 10.2. The fraction of sp³-hybridized carbons (Fsp3) is 0.200. The molecule has 15 heavy (non-hydrogen) atoms. The Morgan fingerprint density at radius 3 is 2.53 bits per heavy atom. The molecule has 0 spiro atoms. The Kier molecular flexibility index (Phi) is 3.52. The second-order valence-electron chi connectivity index (χ2n) is 3.15. The van der Waals surface area contributed by atoms with Gasteiger partial charge in [-0.05, 0) is 46.6 Å². The number of aryl methyl sites for hydroxylation is 1. The van der Waals surface area contributed by atoms with Crippen LogP contribution in [-0.4, -0.2) is 5.11 Å². The Balaban J connectivity index is 2.31. The third-order valence-corrected chi connectivity index (χ3v) is 5.29. The molecule has 2 heterocycles. The molecule has 2 rings (SSSR count). The third-order valence-electron chi connectivity index (χ3n) is 2.01. The van der Waals surface area contributed by atoms with Gasteiger partial charge >= 0.3 is 0 Å². The Hall–Kier alpha value is 0.130. The number of hydrogen-bond donors (Lipinski definition) is 1. The average molecular weight is 324 g/mol. The van der Waals surface area contributed by atoms with E-state index in [0.29, 0.717) is 0 Å². The summed E-state index contributed by atoms with van der Waals surface area (Å²) in [5, 5.41) is 10.1. The van der Waals surface area contributed by atoms with Gasteiger partial charge in [0.15, 0.2) is 0 Å². The molecule has 0 bridgehead atoms. The lowest BCUT2D eigenvalue weighted by Crippen LogP contribution is -1.92. The van der Waals surface area contributed by atoms with Gasteiger partial charge in [0.25, 0.3) is 0 Å². The Bertz CT molecular complexity index is 458. The molecule has 1 nitrogen and oxygen atoms in total. The lowest BCUT2D eigenvalue weighted by molar-refractivity contribution is 0.228. The molecular formula is C10H8BrClOS2. The molecule has 1 unspecified atom stereocenters. The van der Waals surface area contributed by atoms with Crippen molar-refractivity contribution >= 4 is 50.2 Å². The summed E-state index contributed by atoms with van der Waals surface area (Å²) in [6.07, 6.45) is -0.558. The minimum Gasteiger partial charge on any atom is -0.382 e. The molecule has 0 saturated heterocycles. The van der Waals surface area contributed by atoms with E-state index < -0.39 is 6.10 Å². The van der Waals surface area contributed by atoms with E-state index >= 15 is 0 Å². The quantitative estimate of drug-likeness (QED) is 0.855. The largest absolute Gasteiger partial charge is 0.382 e. The highest BCUT2D eigenvalue weighted by Gasteiger charge is 2.16. The SMILES string of the molecule is Cc1cc(C(O)c2ccc(Br)s2)sc1Cl. The number of aliphatic hydroxyl groups is 1. The second-order valence-corrected chi connectivity index (χ2v) is 7.33. The summed E-state index contributed by atoms with van der Waals surface area (Å²) in [6.45, 7) is 1.94.